The molecule has 25 heavy (non-hydrogen) atoms. The van der Waals surface area contributed by atoms with E-state index in [0.717, 1.165) is 5.56 Å². The van der Waals surface area contributed by atoms with E-state index in [4.69, 9.17) is 33.8 Å². The Hall–Kier alpha value is -2.95. The van der Waals surface area contributed by atoms with E-state index in [1.54, 1.807) is 54.7 Å². The minimum absolute atomic E-state index is 0.194. The average Bonchev–Trinajstić information content (AvgIpc) is 2.99. The lowest BCUT2D eigenvalue weighted by Crippen LogP contribution is -2.04. The molecule has 6 nitrogen and oxygen atoms in total. The van der Waals surface area contributed by atoms with Crippen molar-refractivity contribution < 1.29 is 4.74 Å². The summed E-state index contributed by atoms with van der Waals surface area (Å²) in [7, 11) is 0. The van der Waals surface area contributed by atoms with Crippen LogP contribution in [0.3, 0.4) is 0 Å². The van der Waals surface area contributed by atoms with Crippen LogP contribution in [0.4, 0.5) is 0 Å². The summed E-state index contributed by atoms with van der Waals surface area (Å²) in [5.74, 6) is 1.20. The smallest absolute Gasteiger partial charge is 0.216 e. The van der Waals surface area contributed by atoms with Crippen molar-refractivity contribution in [1.82, 2.24) is 14.9 Å². The van der Waals surface area contributed by atoms with Crippen molar-refractivity contribution in [3.63, 3.8) is 0 Å². The van der Waals surface area contributed by atoms with E-state index in [1.165, 1.54) is 4.68 Å². The highest BCUT2D eigenvalue weighted by Crippen LogP contribution is 2.16. The molecular weight excluding hydrogens is 358 g/mol. The third-order valence-electron chi connectivity index (χ3n) is 3.26. The first kappa shape index (κ1) is 16.9. The van der Waals surface area contributed by atoms with Crippen molar-refractivity contribution in [2.75, 3.05) is 0 Å². The molecule has 0 spiro atoms. The zero-order chi connectivity index (χ0) is 17.6. The Labute approximate surface area is 154 Å². The molecule has 0 bridgehead atoms. The zero-order valence-corrected chi connectivity index (χ0v) is 14.5. The molecule has 0 fully saturated rings. The van der Waals surface area contributed by atoms with E-state index in [1.807, 2.05) is 0 Å². The zero-order valence-electron chi connectivity index (χ0n) is 12.9. The van der Waals surface area contributed by atoms with Gasteiger partial charge in [0.1, 0.15) is 12.4 Å². The number of rotatable bonds is 5. The van der Waals surface area contributed by atoms with E-state index >= 15 is 0 Å². The maximum Gasteiger partial charge on any atom is 0.216 e. The van der Waals surface area contributed by atoms with Gasteiger partial charge in [0.25, 0.3) is 0 Å². The fraction of sp³-hybridized carbons (Fsp3) is 0.0588. The molecule has 0 saturated carbocycles. The predicted molar refractivity (Wildman–Crippen MR) is 97.3 cm³/mol. The highest BCUT2D eigenvalue weighted by atomic mass is 35.5. The highest BCUT2D eigenvalue weighted by Gasteiger charge is 2.06. The number of nitrogens with one attached hydrogen (secondary N) is 1. The van der Waals surface area contributed by atoms with Crippen molar-refractivity contribution in [2.45, 2.75) is 6.61 Å². The van der Waals surface area contributed by atoms with Gasteiger partial charge in [-0.3, -0.25) is 0 Å². The summed E-state index contributed by atoms with van der Waals surface area (Å²) < 4.78 is 7.52. The Kier molecular flexibility index (Phi) is 5.23. The van der Waals surface area contributed by atoms with Gasteiger partial charge in [0.15, 0.2) is 5.82 Å². The lowest BCUT2D eigenvalue weighted by atomic mass is 10.2. The predicted octanol–water partition coefficient (Wildman–Crippen LogP) is 3.93. The molecule has 0 aliphatic carbocycles. The first-order valence-electron chi connectivity index (χ1n) is 7.25. The van der Waals surface area contributed by atoms with Crippen LogP contribution in [0.5, 0.6) is 5.75 Å². The van der Waals surface area contributed by atoms with Crippen LogP contribution in [-0.2, 0) is 6.61 Å². The molecular formula is C17H12ClN5OS. The highest BCUT2D eigenvalue weighted by molar-refractivity contribution is 7.71. The number of halogens is 1. The van der Waals surface area contributed by atoms with Crippen LogP contribution in [0.25, 0.3) is 0 Å². The maximum absolute atomic E-state index is 8.81. The van der Waals surface area contributed by atoms with Gasteiger partial charge in [0.05, 0.1) is 17.8 Å². The van der Waals surface area contributed by atoms with Gasteiger partial charge in [-0.2, -0.15) is 20.1 Å². The first-order chi connectivity index (χ1) is 12.2. The molecule has 0 aliphatic rings. The molecule has 1 N–H and O–H groups in total. The van der Waals surface area contributed by atoms with Crippen LogP contribution < -0.4 is 4.74 Å². The summed E-state index contributed by atoms with van der Waals surface area (Å²) in [5.41, 5.74) is 1.43. The average molecular weight is 370 g/mol. The maximum atomic E-state index is 8.81. The third-order valence-corrected chi connectivity index (χ3v) is 3.78. The standard InChI is InChI=1S/C17H12ClN5OS/c18-14-5-7-15(8-6-14)24-11-16-21-22-17(25)23(16)20-10-13-3-1-12(9-19)2-4-13/h1-8,10H,11H2,(H,22,25)/b20-10-. The van der Waals surface area contributed by atoms with E-state index in [9.17, 15) is 0 Å². The normalized spacial score (nSPS) is 10.7. The molecule has 8 heteroatoms. The van der Waals surface area contributed by atoms with Crippen molar-refractivity contribution in [2.24, 2.45) is 5.10 Å². The number of ether oxygens (including phenoxy) is 1. The summed E-state index contributed by atoms with van der Waals surface area (Å²) in [5, 5.41) is 20.6. The number of hydrogen-bond acceptors (Lipinski definition) is 5. The Morgan fingerprint density at radius 1 is 1.24 bits per heavy atom. The summed E-state index contributed by atoms with van der Waals surface area (Å²) in [6.07, 6.45) is 1.64. The van der Waals surface area contributed by atoms with Crippen LogP contribution in [0.2, 0.25) is 5.02 Å². The molecule has 3 rings (SSSR count). The van der Waals surface area contributed by atoms with Crippen LogP contribution in [0.15, 0.2) is 53.6 Å². The Bertz CT molecular complexity index is 984. The van der Waals surface area contributed by atoms with Gasteiger partial charge in [-0.25, -0.2) is 5.10 Å². The third kappa shape index (κ3) is 4.32. The molecule has 3 aromatic rings. The van der Waals surface area contributed by atoms with E-state index in [0.29, 0.717) is 26.9 Å². The van der Waals surface area contributed by atoms with Gasteiger partial charge in [-0.15, -0.1) is 0 Å². The molecule has 0 amide bonds. The molecule has 124 valence electrons. The number of benzene rings is 2. The van der Waals surface area contributed by atoms with Crippen LogP contribution in [0, 0.1) is 16.1 Å². The van der Waals surface area contributed by atoms with Gasteiger partial charge < -0.3 is 4.74 Å². The largest absolute Gasteiger partial charge is 0.486 e. The minimum Gasteiger partial charge on any atom is -0.486 e. The van der Waals surface area contributed by atoms with E-state index in [2.05, 4.69) is 21.4 Å². The number of hydrogen-bond donors (Lipinski definition) is 1. The van der Waals surface area contributed by atoms with Gasteiger partial charge in [0, 0.05) is 5.02 Å². The molecule has 2 aromatic carbocycles. The number of nitriles is 1. The summed E-state index contributed by atoms with van der Waals surface area (Å²) in [4.78, 5) is 0. The first-order valence-corrected chi connectivity index (χ1v) is 8.03. The number of aromatic amines is 1. The van der Waals surface area contributed by atoms with Gasteiger partial charge in [0.2, 0.25) is 4.77 Å². The molecule has 0 unspecified atom stereocenters. The Morgan fingerprint density at radius 2 is 1.96 bits per heavy atom. The van der Waals surface area contributed by atoms with Crippen LogP contribution in [-0.4, -0.2) is 21.1 Å². The van der Waals surface area contributed by atoms with Crippen molar-refractivity contribution >= 4 is 30.0 Å². The van der Waals surface area contributed by atoms with Crippen molar-refractivity contribution in [3.05, 3.63) is 75.3 Å². The van der Waals surface area contributed by atoms with Crippen LogP contribution >= 0.6 is 23.8 Å². The fourth-order valence-electron chi connectivity index (χ4n) is 1.98. The Morgan fingerprint density at radius 3 is 2.64 bits per heavy atom. The molecule has 0 atom stereocenters. The lowest BCUT2D eigenvalue weighted by Gasteiger charge is -2.05. The second kappa shape index (κ2) is 7.75. The van der Waals surface area contributed by atoms with Crippen molar-refractivity contribution in [3.8, 4) is 11.8 Å². The van der Waals surface area contributed by atoms with E-state index < -0.39 is 0 Å². The second-order valence-corrected chi connectivity index (χ2v) is 5.80. The molecule has 0 aliphatic heterocycles. The van der Waals surface area contributed by atoms with Gasteiger partial charge in [-0.1, -0.05) is 23.7 Å². The molecule has 0 saturated heterocycles. The van der Waals surface area contributed by atoms with Gasteiger partial charge in [-0.05, 0) is 54.2 Å². The minimum atomic E-state index is 0.194. The Balaban J connectivity index is 1.74. The SMILES string of the molecule is N#Cc1ccc(/C=N\n2c(COc3ccc(Cl)cc3)n[nH]c2=S)cc1. The number of aromatic nitrogens is 3. The van der Waals surface area contributed by atoms with Crippen molar-refractivity contribution in [1.29, 1.82) is 5.26 Å². The molecule has 1 heterocycles. The van der Waals surface area contributed by atoms with Crippen LogP contribution in [0.1, 0.15) is 17.0 Å². The number of H-pyrrole nitrogens is 1. The molecule has 1 aromatic heterocycles. The summed E-state index contributed by atoms with van der Waals surface area (Å²) >= 11 is 11.0. The topological polar surface area (TPSA) is 79.0 Å². The second-order valence-electron chi connectivity index (χ2n) is 4.98. The lowest BCUT2D eigenvalue weighted by molar-refractivity contribution is 0.290. The van der Waals surface area contributed by atoms with E-state index in [-0.39, 0.29) is 6.61 Å². The molecule has 0 radical (unpaired) electrons. The van der Waals surface area contributed by atoms with Gasteiger partial charge >= 0.3 is 0 Å². The monoisotopic (exact) mass is 369 g/mol. The number of nitrogens with zero attached hydrogens (tertiary/aromatic N) is 4. The summed E-state index contributed by atoms with van der Waals surface area (Å²) in [6, 6.07) is 16.2. The summed E-state index contributed by atoms with van der Waals surface area (Å²) in [6.45, 7) is 0.194. The fourth-order valence-corrected chi connectivity index (χ4v) is 2.31. The quantitative estimate of drug-likeness (QED) is 0.546.